The molecule has 0 saturated heterocycles. The van der Waals surface area contributed by atoms with E-state index in [1.54, 1.807) is 0 Å². The molecule has 0 aromatic rings. The van der Waals surface area contributed by atoms with Crippen LogP contribution in [-0.2, 0) is 13.6 Å². The van der Waals surface area contributed by atoms with E-state index in [9.17, 15) is 4.57 Å². The maximum absolute atomic E-state index is 13.5. The third-order valence-electron chi connectivity index (χ3n) is 3.99. The molecule has 0 saturated carbocycles. The highest BCUT2D eigenvalue weighted by Gasteiger charge is 2.49. The molecule has 4 nitrogen and oxygen atoms in total. The van der Waals surface area contributed by atoms with E-state index in [1.165, 1.54) is 0 Å². The van der Waals surface area contributed by atoms with E-state index in [2.05, 4.69) is 26.1 Å². The van der Waals surface area contributed by atoms with Gasteiger partial charge in [-0.3, -0.25) is 4.57 Å². The molecular weight excluding hydrogens is 297 g/mol. The van der Waals surface area contributed by atoms with Crippen molar-refractivity contribution in [3.05, 3.63) is 0 Å². The molecule has 0 rings (SSSR count). The molecular formula is C17H38NO3P. The number of unbranched alkanes of at least 4 members (excludes halogenated alkanes) is 3. The quantitative estimate of drug-likeness (QED) is 0.307. The van der Waals surface area contributed by atoms with Crippen LogP contribution in [0.3, 0.4) is 0 Å². The first-order chi connectivity index (χ1) is 10.6. The van der Waals surface area contributed by atoms with Crippen molar-refractivity contribution in [1.82, 2.24) is 5.32 Å². The van der Waals surface area contributed by atoms with Gasteiger partial charge in [-0.15, -0.1) is 0 Å². The third-order valence-corrected chi connectivity index (χ3v) is 6.84. The lowest BCUT2D eigenvalue weighted by molar-refractivity contribution is 0.174. The molecule has 0 aliphatic heterocycles. The fourth-order valence-electron chi connectivity index (χ4n) is 2.73. The second-order valence-electron chi connectivity index (χ2n) is 5.85. The van der Waals surface area contributed by atoms with Crippen molar-refractivity contribution >= 4 is 7.60 Å². The molecule has 0 aromatic carbocycles. The van der Waals surface area contributed by atoms with Crippen LogP contribution in [0.15, 0.2) is 0 Å². The zero-order valence-electron chi connectivity index (χ0n) is 15.5. The molecule has 0 fully saturated rings. The zero-order chi connectivity index (χ0) is 16.9. The van der Waals surface area contributed by atoms with Crippen molar-refractivity contribution in [2.24, 2.45) is 0 Å². The van der Waals surface area contributed by atoms with Crippen molar-refractivity contribution in [1.29, 1.82) is 0 Å². The van der Waals surface area contributed by atoms with Crippen LogP contribution in [-0.4, -0.2) is 25.0 Å². The average molecular weight is 335 g/mol. The average Bonchev–Trinajstić information content (AvgIpc) is 2.50. The molecule has 0 amide bonds. The SMILES string of the molecule is CCCCNC(CCCC)(CCCC)P(=O)(OCC)OCC. The highest BCUT2D eigenvalue weighted by atomic mass is 31.2. The van der Waals surface area contributed by atoms with Crippen LogP contribution in [0.25, 0.3) is 0 Å². The topological polar surface area (TPSA) is 47.6 Å². The summed E-state index contributed by atoms with van der Waals surface area (Å²) in [7, 11) is -3.17. The van der Waals surface area contributed by atoms with Crippen molar-refractivity contribution in [2.75, 3.05) is 19.8 Å². The smallest absolute Gasteiger partial charge is 0.308 e. The minimum absolute atomic E-state index is 0.423. The molecule has 0 aliphatic carbocycles. The third kappa shape index (κ3) is 6.70. The van der Waals surface area contributed by atoms with Gasteiger partial charge in [-0.1, -0.05) is 52.9 Å². The minimum atomic E-state index is -3.17. The summed E-state index contributed by atoms with van der Waals surface area (Å²) in [5, 5.41) is 3.07. The van der Waals surface area contributed by atoms with Crippen LogP contribution in [0.1, 0.15) is 86.0 Å². The van der Waals surface area contributed by atoms with Gasteiger partial charge in [-0.2, -0.15) is 0 Å². The van der Waals surface area contributed by atoms with Gasteiger partial charge in [0.05, 0.1) is 13.2 Å². The number of hydrogen-bond donors (Lipinski definition) is 1. The van der Waals surface area contributed by atoms with Gasteiger partial charge in [0.2, 0.25) is 0 Å². The largest absolute Gasteiger partial charge is 0.350 e. The lowest BCUT2D eigenvalue weighted by Crippen LogP contribution is -2.46. The normalized spacial score (nSPS) is 12.8. The van der Waals surface area contributed by atoms with Gasteiger partial charge in [0.15, 0.2) is 0 Å². The minimum Gasteiger partial charge on any atom is -0.308 e. The van der Waals surface area contributed by atoms with Crippen LogP contribution in [0, 0.1) is 0 Å². The van der Waals surface area contributed by atoms with Crippen molar-refractivity contribution in [2.45, 2.75) is 91.3 Å². The van der Waals surface area contributed by atoms with Gasteiger partial charge in [0.1, 0.15) is 5.28 Å². The van der Waals surface area contributed by atoms with E-state index in [4.69, 9.17) is 9.05 Å². The van der Waals surface area contributed by atoms with Crippen LogP contribution in [0.4, 0.5) is 0 Å². The summed E-state index contributed by atoms with van der Waals surface area (Å²) >= 11 is 0. The fraction of sp³-hybridized carbons (Fsp3) is 1.00. The van der Waals surface area contributed by atoms with Crippen molar-refractivity contribution in [3.8, 4) is 0 Å². The highest BCUT2D eigenvalue weighted by Crippen LogP contribution is 2.62. The Kier molecular flexibility index (Phi) is 12.6. The van der Waals surface area contributed by atoms with Crippen LogP contribution in [0.5, 0.6) is 0 Å². The van der Waals surface area contributed by atoms with Crippen molar-refractivity contribution < 1.29 is 13.6 Å². The Morgan fingerprint density at radius 3 is 1.64 bits per heavy atom. The summed E-state index contributed by atoms with van der Waals surface area (Å²) in [6.45, 7) is 12.0. The molecule has 5 heteroatoms. The van der Waals surface area contributed by atoms with Crippen LogP contribution >= 0.6 is 7.60 Å². The summed E-state index contributed by atoms with van der Waals surface area (Å²) in [5.41, 5.74) is 0. The summed E-state index contributed by atoms with van der Waals surface area (Å²) in [4.78, 5) is 0. The van der Waals surface area contributed by atoms with Gasteiger partial charge < -0.3 is 14.4 Å². The van der Waals surface area contributed by atoms with E-state index in [0.29, 0.717) is 13.2 Å². The molecule has 0 unspecified atom stereocenters. The summed E-state index contributed by atoms with van der Waals surface area (Å²) in [6, 6.07) is 0. The number of hydrogen-bond acceptors (Lipinski definition) is 4. The first-order valence-electron chi connectivity index (χ1n) is 9.19. The summed E-state index contributed by atoms with van der Waals surface area (Å²) < 4.78 is 25.0. The molecule has 0 heterocycles. The standard InChI is InChI=1S/C17H38NO3P/c1-6-11-14-17(15-12-7-2,18-16-13-8-3)22(19,20-9-4)21-10-5/h18H,6-16H2,1-5H3. The van der Waals surface area contributed by atoms with Gasteiger partial charge in [-0.05, 0) is 39.7 Å². The van der Waals surface area contributed by atoms with Gasteiger partial charge >= 0.3 is 7.60 Å². The maximum Gasteiger partial charge on any atom is 0.350 e. The molecule has 22 heavy (non-hydrogen) atoms. The number of nitrogens with one attached hydrogen (secondary N) is 1. The predicted octanol–water partition coefficient (Wildman–Crippen LogP) is 5.72. The van der Waals surface area contributed by atoms with Crippen molar-refractivity contribution in [3.63, 3.8) is 0 Å². The first-order valence-corrected chi connectivity index (χ1v) is 10.7. The molecule has 0 radical (unpaired) electrons. The zero-order valence-corrected chi connectivity index (χ0v) is 16.3. The Bertz CT molecular complexity index is 292. The van der Waals surface area contributed by atoms with Gasteiger partial charge in [0.25, 0.3) is 0 Å². The predicted molar refractivity (Wildman–Crippen MR) is 95.6 cm³/mol. The lowest BCUT2D eigenvalue weighted by atomic mass is 10.0. The molecule has 1 N–H and O–H groups in total. The van der Waals surface area contributed by atoms with E-state index < -0.39 is 12.9 Å². The van der Waals surface area contributed by atoms with E-state index in [0.717, 1.165) is 57.9 Å². The van der Waals surface area contributed by atoms with Gasteiger partial charge in [0, 0.05) is 0 Å². The lowest BCUT2D eigenvalue weighted by Gasteiger charge is -2.40. The van der Waals surface area contributed by atoms with Gasteiger partial charge in [-0.25, -0.2) is 0 Å². The molecule has 0 atom stereocenters. The van der Waals surface area contributed by atoms with Crippen LogP contribution in [0.2, 0.25) is 0 Å². The fourth-order valence-corrected chi connectivity index (χ4v) is 5.15. The Morgan fingerprint density at radius 1 is 0.818 bits per heavy atom. The van der Waals surface area contributed by atoms with E-state index in [1.807, 2.05) is 13.8 Å². The van der Waals surface area contributed by atoms with Crippen LogP contribution < -0.4 is 5.32 Å². The number of rotatable bonds is 15. The molecule has 134 valence electrons. The molecule has 0 aliphatic rings. The van der Waals surface area contributed by atoms with E-state index in [-0.39, 0.29) is 0 Å². The summed E-state index contributed by atoms with van der Waals surface area (Å²) in [5.74, 6) is 0. The molecule has 0 spiro atoms. The Morgan fingerprint density at radius 2 is 1.27 bits per heavy atom. The second kappa shape index (κ2) is 12.5. The maximum atomic E-state index is 13.5. The molecule has 0 bridgehead atoms. The monoisotopic (exact) mass is 335 g/mol. The Labute approximate surface area is 138 Å². The first kappa shape index (κ1) is 22.1. The van der Waals surface area contributed by atoms with E-state index >= 15 is 0 Å². The second-order valence-corrected chi connectivity index (χ2v) is 8.22. The Hall–Kier alpha value is 0.110. The Balaban J connectivity index is 5.44. The highest BCUT2D eigenvalue weighted by molar-refractivity contribution is 7.55. The molecule has 0 aromatic heterocycles. The summed E-state index contributed by atoms with van der Waals surface area (Å²) in [6.07, 6.45) is 8.15.